The van der Waals surface area contributed by atoms with E-state index in [1.54, 1.807) is 0 Å². The summed E-state index contributed by atoms with van der Waals surface area (Å²) in [5, 5.41) is 3.29. The van der Waals surface area contributed by atoms with E-state index in [9.17, 15) is 0 Å². The van der Waals surface area contributed by atoms with E-state index in [-0.39, 0.29) is 11.4 Å². The van der Waals surface area contributed by atoms with Gasteiger partial charge in [0.05, 0.1) is 0 Å². The van der Waals surface area contributed by atoms with Gasteiger partial charge >= 0.3 is 0 Å². The number of rotatable bonds is 4. The zero-order chi connectivity index (χ0) is 13.1. The van der Waals surface area contributed by atoms with Gasteiger partial charge in [0.1, 0.15) is 5.82 Å². The molecular formula is C12H23N5. The summed E-state index contributed by atoms with van der Waals surface area (Å²) in [6.07, 6.45) is 2.07. The number of nitrogens with zero attached hydrogens (tertiary/aromatic N) is 3. The average molecular weight is 237 g/mol. The maximum atomic E-state index is 5.71. The molecule has 0 fully saturated rings. The van der Waals surface area contributed by atoms with Gasteiger partial charge in [-0.05, 0) is 12.8 Å². The van der Waals surface area contributed by atoms with Gasteiger partial charge < -0.3 is 11.1 Å². The van der Waals surface area contributed by atoms with Crippen LogP contribution in [0.3, 0.4) is 0 Å². The number of nitrogens with two attached hydrogens (primary N) is 1. The Hall–Kier alpha value is -1.39. The van der Waals surface area contributed by atoms with Gasteiger partial charge in [0, 0.05) is 11.5 Å². The van der Waals surface area contributed by atoms with Gasteiger partial charge in [0.15, 0.2) is 0 Å². The van der Waals surface area contributed by atoms with Crippen molar-refractivity contribution in [2.75, 3.05) is 11.1 Å². The second-order valence-electron chi connectivity index (χ2n) is 5.25. The van der Waals surface area contributed by atoms with Crippen LogP contribution in [0.4, 0.5) is 11.9 Å². The molecule has 17 heavy (non-hydrogen) atoms. The van der Waals surface area contributed by atoms with Gasteiger partial charge in [-0.15, -0.1) is 0 Å². The molecule has 1 aromatic rings. The van der Waals surface area contributed by atoms with Crippen molar-refractivity contribution in [3.05, 3.63) is 5.82 Å². The third-order valence-electron chi connectivity index (χ3n) is 2.64. The largest absolute Gasteiger partial charge is 0.368 e. The van der Waals surface area contributed by atoms with Crippen molar-refractivity contribution in [2.24, 2.45) is 0 Å². The van der Waals surface area contributed by atoms with Crippen LogP contribution in [0.1, 0.15) is 53.3 Å². The van der Waals surface area contributed by atoms with Crippen molar-refractivity contribution in [1.29, 1.82) is 0 Å². The molecule has 1 heterocycles. The maximum Gasteiger partial charge on any atom is 0.227 e. The first-order chi connectivity index (χ1) is 7.86. The van der Waals surface area contributed by atoms with Crippen molar-refractivity contribution < 1.29 is 0 Å². The summed E-state index contributed by atoms with van der Waals surface area (Å²) in [4.78, 5) is 12.7. The fourth-order valence-corrected chi connectivity index (χ4v) is 1.47. The molecule has 0 bridgehead atoms. The summed E-state index contributed by atoms with van der Waals surface area (Å²) >= 11 is 0. The number of hydrogen-bond donors (Lipinski definition) is 2. The molecule has 0 unspecified atom stereocenters. The molecule has 1 rings (SSSR count). The number of hydrogen-bond acceptors (Lipinski definition) is 5. The Labute approximate surface area is 103 Å². The molecule has 96 valence electrons. The molecule has 5 heteroatoms. The van der Waals surface area contributed by atoms with Crippen LogP contribution in [0.5, 0.6) is 0 Å². The molecule has 0 saturated heterocycles. The van der Waals surface area contributed by atoms with E-state index in [1.807, 2.05) is 0 Å². The predicted octanol–water partition coefficient (Wildman–Crippen LogP) is 2.35. The lowest BCUT2D eigenvalue weighted by molar-refractivity contribution is 0.542. The minimum Gasteiger partial charge on any atom is -0.368 e. The molecule has 5 nitrogen and oxygen atoms in total. The van der Waals surface area contributed by atoms with Crippen molar-refractivity contribution in [3.8, 4) is 0 Å². The molecule has 0 aliphatic carbocycles. The van der Waals surface area contributed by atoms with Crippen LogP contribution >= 0.6 is 0 Å². The standard InChI is InChI=1S/C12H23N5/c1-6-8(7-2)14-11-16-9(12(3,4)5)15-10(13)17-11/h8H,6-7H2,1-5H3,(H3,13,14,15,16,17). The molecule has 0 aromatic carbocycles. The Kier molecular flexibility index (Phi) is 4.26. The molecule has 0 aliphatic heterocycles. The molecule has 0 amide bonds. The van der Waals surface area contributed by atoms with E-state index in [2.05, 4.69) is 54.9 Å². The van der Waals surface area contributed by atoms with Crippen LogP contribution in [0, 0.1) is 0 Å². The van der Waals surface area contributed by atoms with Crippen molar-refractivity contribution >= 4 is 11.9 Å². The molecular weight excluding hydrogens is 214 g/mol. The normalized spacial score (nSPS) is 11.9. The SMILES string of the molecule is CCC(CC)Nc1nc(N)nc(C(C)(C)C)n1. The van der Waals surface area contributed by atoms with E-state index >= 15 is 0 Å². The van der Waals surface area contributed by atoms with Crippen LogP contribution in [-0.2, 0) is 5.41 Å². The Bertz CT molecular complexity index is 366. The Morgan fingerprint density at radius 3 is 2.18 bits per heavy atom. The summed E-state index contributed by atoms with van der Waals surface area (Å²) in [6, 6.07) is 0.379. The Balaban J connectivity index is 2.97. The quantitative estimate of drug-likeness (QED) is 0.840. The number of aromatic nitrogens is 3. The fraction of sp³-hybridized carbons (Fsp3) is 0.750. The van der Waals surface area contributed by atoms with Crippen LogP contribution in [0.15, 0.2) is 0 Å². The van der Waals surface area contributed by atoms with Crippen LogP contribution in [0.25, 0.3) is 0 Å². The minimum absolute atomic E-state index is 0.124. The number of nitrogens with one attached hydrogen (secondary N) is 1. The molecule has 0 saturated carbocycles. The maximum absolute atomic E-state index is 5.71. The van der Waals surface area contributed by atoms with Gasteiger partial charge in [-0.3, -0.25) is 0 Å². The fourth-order valence-electron chi connectivity index (χ4n) is 1.47. The first-order valence-corrected chi connectivity index (χ1v) is 6.15. The molecule has 0 aliphatic rings. The topological polar surface area (TPSA) is 76.7 Å². The highest BCUT2D eigenvalue weighted by Crippen LogP contribution is 2.20. The van der Waals surface area contributed by atoms with E-state index in [0.717, 1.165) is 18.7 Å². The third-order valence-corrected chi connectivity index (χ3v) is 2.64. The monoisotopic (exact) mass is 237 g/mol. The predicted molar refractivity (Wildman–Crippen MR) is 70.9 cm³/mol. The van der Waals surface area contributed by atoms with Crippen LogP contribution in [-0.4, -0.2) is 21.0 Å². The highest BCUT2D eigenvalue weighted by molar-refractivity contribution is 5.33. The van der Waals surface area contributed by atoms with E-state index in [1.165, 1.54) is 0 Å². The van der Waals surface area contributed by atoms with Gasteiger partial charge in [-0.2, -0.15) is 15.0 Å². The molecule has 1 aromatic heterocycles. The van der Waals surface area contributed by atoms with Crippen molar-refractivity contribution in [1.82, 2.24) is 15.0 Å². The molecule has 3 N–H and O–H groups in total. The zero-order valence-corrected chi connectivity index (χ0v) is 11.4. The highest BCUT2D eigenvalue weighted by Gasteiger charge is 2.19. The van der Waals surface area contributed by atoms with Crippen molar-refractivity contribution in [3.63, 3.8) is 0 Å². The van der Waals surface area contributed by atoms with Crippen LogP contribution < -0.4 is 11.1 Å². The smallest absolute Gasteiger partial charge is 0.227 e. The number of anilines is 2. The third kappa shape index (κ3) is 3.84. The number of nitrogen functional groups attached to an aromatic ring is 1. The molecule has 0 atom stereocenters. The molecule has 0 spiro atoms. The summed E-state index contributed by atoms with van der Waals surface area (Å²) in [5.41, 5.74) is 5.59. The van der Waals surface area contributed by atoms with E-state index in [0.29, 0.717) is 12.0 Å². The van der Waals surface area contributed by atoms with E-state index < -0.39 is 0 Å². The van der Waals surface area contributed by atoms with Gasteiger partial charge in [0.25, 0.3) is 0 Å². The van der Waals surface area contributed by atoms with Gasteiger partial charge in [-0.25, -0.2) is 0 Å². The minimum atomic E-state index is -0.124. The Morgan fingerprint density at radius 1 is 1.12 bits per heavy atom. The van der Waals surface area contributed by atoms with E-state index in [4.69, 9.17) is 5.73 Å². The average Bonchev–Trinajstić information content (AvgIpc) is 2.24. The lowest BCUT2D eigenvalue weighted by Crippen LogP contribution is -2.23. The Morgan fingerprint density at radius 2 is 1.71 bits per heavy atom. The second-order valence-corrected chi connectivity index (χ2v) is 5.25. The van der Waals surface area contributed by atoms with Gasteiger partial charge in [-0.1, -0.05) is 34.6 Å². The van der Waals surface area contributed by atoms with Gasteiger partial charge in [0.2, 0.25) is 11.9 Å². The second kappa shape index (κ2) is 5.29. The van der Waals surface area contributed by atoms with Crippen LogP contribution in [0.2, 0.25) is 0 Å². The lowest BCUT2D eigenvalue weighted by Gasteiger charge is -2.19. The van der Waals surface area contributed by atoms with Crippen molar-refractivity contribution in [2.45, 2.75) is 58.9 Å². The summed E-state index contributed by atoms with van der Waals surface area (Å²) < 4.78 is 0. The summed E-state index contributed by atoms with van der Waals surface area (Å²) in [6.45, 7) is 10.4. The first-order valence-electron chi connectivity index (χ1n) is 6.15. The summed E-state index contributed by atoms with van der Waals surface area (Å²) in [5.74, 6) is 1.58. The molecule has 0 radical (unpaired) electrons. The zero-order valence-electron chi connectivity index (χ0n) is 11.4. The highest BCUT2D eigenvalue weighted by atomic mass is 15.2. The lowest BCUT2D eigenvalue weighted by atomic mass is 9.96. The first kappa shape index (κ1) is 13.7. The summed E-state index contributed by atoms with van der Waals surface area (Å²) in [7, 11) is 0.